The van der Waals surface area contributed by atoms with E-state index in [1.165, 1.54) is 11.6 Å². The minimum absolute atomic E-state index is 0.203. The van der Waals surface area contributed by atoms with Gasteiger partial charge in [-0.3, -0.25) is 14.4 Å². The molecule has 0 aromatic heterocycles. The molecule has 0 heterocycles. The predicted molar refractivity (Wildman–Crippen MR) is 125 cm³/mol. The van der Waals surface area contributed by atoms with Crippen molar-refractivity contribution in [2.45, 2.75) is 38.0 Å². The Bertz CT molecular complexity index is 970. The number of hydrogen-bond acceptors (Lipinski definition) is 3. The third-order valence-electron chi connectivity index (χ3n) is 5.83. The third-order valence-corrected chi connectivity index (χ3v) is 6.57. The van der Waals surface area contributed by atoms with Gasteiger partial charge in [-0.05, 0) is 73.4 Å². The molecular formula is C24H26Cl2N2O4. The monoisotopic (exact) mass is 476 g/mol. The van der Waals surface area contributed by atoms with E-state index in [-0.39, 0.29) is 30.7 Å². The van der Waals surface area contributed by atoms with Gasteiger partial charge in [0.15, 0.2) is 0 Å². The second kappa shape index (κ2) is 11.3. The first kappa shape index (κ1) is 24.1. The molecule has 0 unspecified atom stereocenters. The van der Waals surface area contributed by atoms with Crippen molar-refractivity contribution in [1.29, 1.82) is 0 Å². The van der Waals surface area contributed by atoms with Crippen LogP contribution in [0, 0.1) is 5.92 Å². The summed E-state index contributed by atoms with van der Waals surface area (Å²) in [5.41, 5.74) is 2.15. The molecule has 170 valence electrons. The molecule has 6 nitrogen and oxygen atoms in total. The number of rotatable bonds is 8. The highest BCUT2D eigenvalue weighted by atomic mass is 35.5. The minimum Gasteiger partial charge on any atom is -0.481 e. The summed E-state index contributed by atoms with van der Waals surface area (Å²) in [6, 6.07) is 12.2. The second-order valence-corrected chi connectivity index (χ2v) is 8.89. The molecular weight excluding hydrogens is 451 g/mol. The standard InChI is InChI=1S/C24H26Cl2N2O4/c25-20-10-9-19(14-21(20)26)24(32)28-12-11-27-23(31)18-7-5-17(6-8-18)16-3-1-15(2-4-16)13-22(29)30/h5-10,14-16H,1-4,11-13H2,(H,27,31)(H,28,32)(H,29,30)/t15-,16-. The van der Waals surface area contributed by atoms with Crippen LogP contribution in [0.15, 0.2) is 42.5 Å². The smallest absolute Gasteiger partial charge is 0.303 e. The molecule has 0 spiro atoms. The van der Waals surface area contributed by atoms with E-state index in [1.807, 2.05) is 24.3 Å². The van der Waals surface area contributed by atoms with Gasteiger partial charge >= 0.3 is 5.97 Å². The molecule has 1 saturated carbocycles. The number of carbonyl (C=O) groups is 3. The summed E-state index contributed by atoms with van der Waals surface area (Å²) in [6.07, 6.45) is 4.05. The second-order valence-electron chi connectivity index (χ2n) is 8.08. The van der Waals surface area contributed by atoms with Crippen molar-refractivity contribution in [2.75, 3.05) is 13.1 Å². The molecule has 1 aliphatic rings. The van der Waals surface area contributed by atoms with Gasteiger partial charge in [0.1, 0.15) is 0 Å². The molecule has 2 amide bonds. The molecule has 0 aliphatic heterocycles. The van der Waals surface area contributed by atoms with E-state index in [2.05, 4.69) is 10.6 Å². The Morgan fingerprint density at radius 3 is 1.94 bits per heavy atom. The van der Waals surface area contributed by atoms with Crippen LogP contribution < -0.4 is 10.6 Å². The zero-order valence-electron chi connectivity index (χ0n) is 17.6. The summed E-state index contributed by atoms with van der Waals surface area (Å²) in [6.45, 7) is 0.573. The van der Waals surface area contributed by atoms with Crippen LogP contribution in [-0.4, -0.2) is 36.0 Å². The predicted octanol–water partition coefficient (Wildman–Crippen LogP) is 4.90. The number of carboxylic acid groups (broad SMARTS) is 1. The Balaban J connectivity index is 1.41. The maximum atomic E-state index is 12.4. The highest BCUT2D eigenvalue weighted by molar-refractivity contribution is 6.42. The van der Waals surface area contributed by atoms with Gasteiger partial charge in [0.2, 0.25) is 0 Å². The SMILES string of the molecule is O=C(O)C[C@H]1CC[C@H](c2ccc(C(=O)NCCNC(=O)c3ccc(Cl)c(Cl)c3)cc2)CC1. The van der Waals surface area contributed by atoms with Crippen molar-refractivity contribution in [2.24, 2.45) is 5.92 Å². The van der Waals surface area contributed by atoms with E-state index in [0.29, 0.717) is 33.6 Å². The van der Waals surface area contributed by atoms with Crippen LogP contribution in [0.25, 0.3) is 0 Å². The molecule has 1 fully saturated rings. The van der Waals surface area contributed by atoms with Gasteiger partial charge < -0.3 is 15.7 Å². The first-order valence-electron chi connectivity index (χ1n) is 10.7. The van der Waals surface area contributed by atoms with Crippen LogP contribution in [0.4, 0.5) is 0 Å². The number of halogens is 2. The molecule has 0 bridgehead atoms. The fourth-order valence-corrected chi connectivity index (χ4v) is 4.35. The fourth-order valence-electron chi connectivity index (χ4n) is 4.05. The lowest BCUT2D eigenvalue weighted by Gasteiger charge is -2.28. The maximum Gasteiger partial charge on any atom is 0.303 e. The first-order chi connectivity index (χ1) is 15.3. The molecule has 2 aromatic carbocycles. The number of amides is 2. The topological polar surface area (TPSA) is 95.5 Å². The molecule has 0 saturated heterocycles. The molecule has 2 aromatic rings. The van der Waals surface area contributed by atoms with E-state index in [4.69, 9.17) is 28.3 Å². The largest absolute Gasteiger partial charge is 0.481 e. The fraction of sp³-hybridized carbons (Fsp3) is 0.375. The van der Waals surface area contributed by atoms with Gasteiger partial charge in [0.05, 0.1) is 10.0 Å². The minimum atomic E-state index is -0.724. The van der Waals surface area contributed by atoms with Crippen LogP contribution in [0.1, 0.15) is 64.3 Å². The van der Waals surface area contributed by atoms with E-state index in [9.17, 15) is 14.4 Å². The van der Waals surface area contributed by atoms with E-state index < -0.39 is 5.97 Å². The van der Waals surface area contributed by atoms with Crippen LogP contribution in [-0.2, 0) is 4.79 Å². The van der Waals surface area contributed by atoms with Crippen LogP contribution in [0.2, 0.25) is 10.0 Å². The number of carboxylic acids is 1. The number of nitrogens with one attached hydrogen (secondary N) is 2. The zero-order chi connectivity index (χ0) is 23.1. The Hall–Kier alpha value is -2.57. The van der Waals surface area contributed by atoms with E-state index in [0.717, 1.165) is 25.7 Å². The van der Waals surface area contributed by atoms with Gasteiger partial charge in [0.25, 0.3) is 11.8 Å². The number of carbonyl (C=O) groups excluding carboxylic acids is 2. The Kier molecular flexibility index (Phi) is 8.53. The summed E-state index contributed by atoms with van der Waals surface area (Å²) in [4.78, 5) is 35.4. The molecule has 8 heteroatoms. The molecule has 1 aliphatic carbocycles. The average Bonchev–Trinajstić information content (AvgIpc) is 2.78. The van der Waals surface area contributed by atoms with Crippen LogP contribution in [0.5, 0.6) is 0 Å². The molecule has 3 N–H and O–H groups in total. The number of hydrogen-bond donors (Lipinski definition) is 3. The first-order valence-corrected chi connectivity index (χ1v) is 11.4. The summed E-state index contributed by atoms with van der Waals surface area (Å²) in [5, 5.41) is 15.2. The van der Waals surface area contributed by atoms with Crippen molar-refractivity contribution < 1.29 is 19.5 Å². The summed E-state index contributed by atoms with van der Waals surface area (Å²) in [7, 11) is 0. The third kappa shape index (κ3) is 6.71. The Labute approximate surface area is 197 Å². The Morgan fingerprint density at radius 2 is 1.38 bits per heavy atom. The van der Waals surface area contributed by atoms with Crippen molar-refractivity contribution in [3.63, 3.8) is 0 Å². The molecule has 0 atom stereocenters. The van der Waals surface area contributed by atoms with Gasteiger partial charge in [-0.2, -0.15) is 0 Å². The maximum absolute atomic E-state index is 12.4. The Morgan fingerprint density at radius 1 is 0.812 bits per heavy atom. The lowest BCUT2D eigenvalue weighted by Crippen LogP contribution is -2.34. The quantitative estimate of drug-likeness (QED) is 0.472. The molecule has 3 rings (SSSR count). The van der Waals surface area contributed by atoms with Gasteiger partial charge in [-0.15, -0.1) is 0 Å². The van der Waals surface area contributed by atoms with E-state index >= 15 is 0 Å². The van der Waals surface area contributed by atoms with Gasteiger partial charge in [-0.25, -0.2) is 0 Å². The van der Waals surface area contributed by atoms with Crippen molar-refractivity contribution in [3.05, 3.63) is 69.2 Å². The lowest BCUT2D eigenvalue weighted by atomic mass is 9.77. The average molecular weight is 477 g/mol. The number of aliphatic carboxylic acids is 1. The summed E-state index contributed by atoms with van der Waals surface area (Å²) < 4.78 is 0. The van der Waals surface area contributed by atoms with Crippen molar-refractivity contribution >= 4 is 41.0 Å². The zero-order valence-corrected chi connectivity index (χ0v) is 19.1. The van der Waals surface area contributed by atoms with Crippen molar-refractivity contribution in [3.8, 4) is 0 Å². The lowest BCUT2D eigenvalue weighted by molar-refractivity contribution is -0.138. The van der Waals surface area contributed by atoms with Crippen LogP contribution in [0.3, 0.4) is 0 Å². The highest BCUT2D eigenvalue weighted by Crippen LogP contribution is 2.37. The molecule has 0 radical (unpaired) electrons. The van der Waals surface area contributed by atoms with Gasteiger partial charge in [0, 0.05) is 30.6 Å². The summed E-state index contributed by atoms with van der Waals surface area (Å²) in [5.74, 6) is -0.539. The highest BCUT2D eigenvalue weighted by Gasteiger charge is 2.24. The molecule has 32 heavy (non-hydrogen) atoms. The van der Waals surface area contributed by atoms with Crippen molar-refractivity contribution in [1.82, 2.24) is 10.6 Å². The van der Waals surface area contributed by atoms with Crippen LogP contribution >= 0.6 is 23.2 Å². The normalized spacial score (nSPS) is 18.1. The van der Waals surface area contributed by atoms with Gasteiger partial charge in [-0.1, -0.05) is 35.3 Å². The summed E-state index contributed by atoms with van der Waals surface area (Å²) >= 11 is 11.8. The van der Waals surface area contributed by atoms with E-state index in [1.54, 1.807) is 12.1 Å². The number of benzene rings is 2.